The largest absolute Gasteiger partial charge is 0.320 e. The zero-order valence-corrected chi connectivity index (χ0v) is 12.7. The highest BCUT2D eigenvalue weighted by atomic mass is 16.1. The second-order valence-electron chi connectivity index (χ2n) is 5.90. The normalized spacial score (nSPS) is 15.6. The van der Waals surface area contributed by atoms with Gasteiger partial charge in [-0.05, 0) is 25.0 Å². The van der Waals surface area contributed by atoms with Gasteiger partial charge in [-0.25, -0.2) is 14.6 Å². The van der Waals surface area contributed by atoms with E-state index < -0.39 is 0 Å². The van der Waals surface area contributed by atoms with Gasteiger partial charge < -0.3 is 11.1 Å². The fourth-order valence-electron chi connectivity index (χ4n) is 2.56. The highest BCUT2D eigenvalue weighted by molar-refractivity contribution is 5.90. The molecule has 0 bridgehead atoms. The fourth-order valence-corrected chi connectivity index (χ4v) is 2.56. The van der Waals surface area contributed by atoms with Gasteiger partial charge >= 0.3 is 0 Å². The molecule has 1 aliphatic rings. The van der Waals surface area contributed by atoms with E-state index in [9.17, 15) is 4.79 Å². The van der Waals surface area contributed by atoms with Gasteiger partial charge in [0.15, 0.2) is 5.82 Å². The van der Waals surface area contributed by atoms with Gasteiger partial charge in [-0.15, -0.1) is 0 Å². The summed E-state index contributed by atoms with van der Waals surface area (Å²) in [6.45, 7) is 1.45. The van der Waals surface area contributed by atoms with Crippen molar-refractivity contribution in [3.63, 3.8) is 0 Å². The Morgan fingerprint density at radius 1 is 1.35 bits per heavy atom. The van der Waals surface area contributed by atoms with Crippen molar-refractivity contribution in [3.8, 4) is 5.82 Å². The van der Waals surface area contributed by atoms with E-state index in [-0.39, 0.29) is 11.4 Å². The van der Waals surface area contributed by atoms with Crippen molar-refractivity contribution in [2.45, 2.75) is 25.3 Å². The lowest BCUT2D eigenvalue weighted by Gasteiger charge is -2.10. The standard InChI is InChI=1S/C16H16N6O/c1-10(23)20-14-7-12-11(8-18-14)9-19-22(12)15-4-2-3-13(21-15)16(17)5-6-16/h2-4,7-9H,5-6,17H2,1H3,(H,18,20,23). The molecule has 1 saturated carbocycles. The highest BCUT2D eigenvalue weighted by Crippen LogP contribution is 2.41. The summed E-state index contributed by atoms with van der Waals surface area (Å²) in [5.41, 5.74) is 7.66. The van der Waals surface area contributed by atoms with Crippen molar-refractivity contribution >= 4 is 22.6 Å². The van der Waals surface area contributed by atoms with Crippen LogP contribution in [0.5, 0.6) is 0 Å². The second kappa shape index (κ2) is 4.85. The average Bonchev–Trinajstić information content (AvgIpc) is 3.15. The Labute approximate surface area is 132 Å². The van der Waals surface area contributed by atoms with Crippen LogP contribution in [-0.2, 0) is 10.3 Å². The number of nitrogens with zero attached hydrogens (tertiary/aromatic N) is 4. The number of nitrogens with one attached hydrogen (secondary N) is 1. The Bertz CT molecular complexity index is 912. The van der Waals surface area contributed by atoms with Gasteiger partial charge in [-0.1, -0.05) is 6.07 Å². The first kappa shape index (κ1) is 13.8. The molecule has 0 radical (unpaired) electrons. The molecule has 0 spiro atoms. The molecule has 3 heterocycles. The summed E-state index contributed by atoms with van der Waals surface area (Å²) in [5.74, 6) is 1.02. The summed E-state index contributed by atoms with van der Waals surface area (Å²) in [6, 6.07) is 7.56. The summed E-state index contributed by atoms with van der Waals surface area (Å²) in [7, 11) is 0. The van der Waals surface area contributed by atoms with Crippen LogP contribution in [0.2, 0.25) is 0 Å². The van der Waals surface area contributed by atoms with Gasteiger partial charge in [0.2, 0.25) is 5.91 Å². The van der Waals surface area contributed by atoms with Gasteiger partial charge in [-0.3, -0.25) is 4.79 Å². The molecule has 4 rings (SSSR count). The van der Waals surface area contributed by atoms with E-state index in [2.05, 4.69) is 20.4 Å². The first-order valence-corrected chi connectivity index (χ1v) is 7.43. The first-order chi connectivity index (χ1) is 11.0. The van der Waals surface area contributed by atoms with Crippen LogP contribution in [0.25, 0.3) is 16.7 Å². The molecule has 0 saturated heterocycles. The molecule has 0 aromatic carbocycles. The summed E-state index contributed by atoms with van der Waals surface area (Å²) >= 11 is 0. The predicted molar refractivity (Wildman–Crippen MR) is 86.1 cm³/mol. The number of rotatable bonds is 3. The number of pyridine rings is 2. The number of nitrogens with two attached hydrogens (primary N) is 1. The number of carbonyl (C=O) groups is 1. The van der Waals surface area contributed by atoms with E-state index in [4.69, 9.17) is 5.73 Å². The Balaban J connectivity index is 1.80. The molecule has 7 heteroatoms. The molecule has 0 aliphatic heterocycles. The maximum Gasteiger partial charge on any atom is 0.222 e. The number of aromatic nitrogens is 4. The van der Waals surface area contributed by atoms with E-state index >= 15 is 0 Å². The van der Waals surface area contributed by atoms with Gasteiger partial charge in [0.1, 0.15) is 5.82 Å². The Morgan fingerprint density at radius 3 is 2.91 bits per heavy atom. The van der Waals surface area contributed by atoms with Crippen LogP contribution in [0.15, 0.2) is 36.7 Å². The van der Waals surface area contributed by atoms with E-state index in [1.54, 1.807) is 23.1 Å². The number of fused-ring (bicyclic) bond motifs is 1. The third kappa shape index (κ3) is 2.44. The molecule has 116 valence electrons. The van der Waals surface area contributed by atoms with Crippen molar-refractivity contribution in [2.75, 3.05) is 5.32 Å². The van der Waals surface area contributed by atoms with E-state index in [0.717, 1.165) is 29.4 Å². The zero-order chi connectivity index (χ0) is 16.0. The smallest absolute Gasteiger partial charge is 0.222 e. The minimum Gasteiger partial charge on any atom is -0.320 e. The maximum atomic E-state index is 11.2. The second-order valence-corrected chi connectivity index (χ2v) is 5.90. The van der Waals surface area contributed by atoms with Gasteiger partial charge in [0.25, 0.3) is 0 Å². The fraction of sp³-hybridized carbons (Fsp3) is 0.250. The summed E-state index contributed by atoms with van der Waals surface area (Å²) in [6.07, 6.45) is 5.32. The minimum atomic E-state index is -0.290. The number of anilines is 1. The van der Waals surface area contributed by atoms with Crippen LogP contribution < -0.4 is 11.1 Å². The molecule has 7 nitrogen and oxygen atoms in total. The average molecular weight is 308 g/mol. The maximum absolute atomic E-state index is 11.2. The number of hydrogen-bond donors (Lipinski definition) is 2. The Morgan fingerprint density at radius 2 is 2.17 bits per heavy atom. The highest BCUT2D eigenvalue weighted by Gasteiger charge is 2.41. The lowest BCUT2D eigenvalue weighted by molar-refractivity contribution is -0.114. The van der Waals surface area contributed by atoms with Crippen LogP contribution in [-0.4, -0.2) is 25.7 Å². The van der Waals surface area contributed by atoms with E-state index in [1.165, 1.54) is 6.92 Å². The van der Waals surface area contributed by atoms with Crippen LogP contribution in [0.4, 0.5) is 5.82 Å². The molecule has 1 amide bonds. The van der Waals surface area contributed by atoms with Crippen molar-refractivity contribution < 1.29 is 4.79 Å². The molecule has 23 heavy (non-hydrogen) atoms. The summed E-state index contributed by atoms with van der Waals surface area (Å²) < 4.78 is 1.73. The quantitative estimate of drug-likeness (QED) is 0.767. The number of carbonyl (C=O) groups excluding carboxylic acids is 1. The molecular weight excluding hydrogens is 292 g/mol. The van der Waals surface area contributed by atoms with Crippen LogP contribution in [0.1, 0.15) is 25.5 Å². The molecule has 0 unspecified atom stereocenters. The zero-order valence-electron chi connectivity index (χ0n) is 12.7. The topological polar surface area (TPSA) is 98.7 Å². The summed E-state index contributed by atoms with van der Waals surface area (Å²) in [4.78, 5) is 20.1. The van der Waals surface area contributed by atoms with Gasteiger partial charge in [0.05, 0.1) is 22.9 Å². The lowest BCUT2D eigenvalue weighted by atomic mass is 10.2. The predicted octanol–water partition coefficient (Wildman–Crippen LogP) is 1.72. The molecular formula is C16H16N6O. The Hall–Kier alpha value is -2.80. The van der Waals surface area contributed by atoms with Crippen LogP contribution in [0.3, 0.4) is 0 Å². The molecule has 0 atom stereocenters. The molecule has 3 aromatic rings. The molecule has 3 N–H and O–H groups in total. The molecule has 1 aliphatic carbocycles. The van der Waals surface area contributed by atoms with Crippen molar-refractivity contribution in [3.05, 3.63) is 42.4 Å². The third-order valence-corrected chi connectivity index (χ3v) is 4.01. The third-order valence-electron chi connectivity index (χ3n) is 4.01. The van der Waals surface area contributed by atoms with E-state index in [1.807, 2.05) is 18.2 Å². The van der Waals surface area contributed by atoms with E-state index in [0.29, 0.717) is 11.6 Å². The first-order valence-electron chi connectivity index (χ1n) is 7.43. The van der Waals surface area contributed by atoms with Crippen LogP contribution >= 0.6 is 0 Å². The minimum absolute atomic E-state index is 0.165. The van der Waals surface area contributed by atoms with Gasteiger partial charge in [0, 0.05) is 24.6 Å². The monoisotopic (exact) mass is 308 g/mol. The Kier molecular flexibility index (Phi) is 2.92. The van der Waals surface area contributed by atoms with Crippen LogP contribution in [0, 0.1) is 0 Å². The number of amides is 1. The molecule has 1 fully saturated rings. The van der Waals surface area contributed by atoms with Crippen molar-refractivity contribution in [2.24, 2.45) is 5.73 Å². The van der Waals surface area contributed by atoms with Crippen molar-refractivity contribution in [1.82, 2.24) is 19.7 Å². The van der Waals surface area contributed by atoms with Gasteiger partial charge in [-0.2, -0.15) is 5.10 Å². The van der Waals surface area contributed by atoms with Crippen molar-refractivity contribution in [1.29, 1.82) is 0 Å². The lowest BCUT2D eigenvalue weighted by Crippen LogP contribution is -2.21. The number of hydrogen-bond acceptors (Lipinski definition) is 5. The summed E-state index contributed by atoms with van der Waals surface area (Å²) in [5, 5.41) is 7.94. The SMILES string of the molecule is CC(=O)Nc1cc2c(cn1)cnn2-c1cccc(C2(N)CC2)n1. The molecule has 3 aromatic heterocycles.